The first-order chi connectivity index (χ1) is 15.9. The molecule has 5 rings (SSSR count). The monoisotopic (exact) mass is 450 g/mol. The number of aromatic nitrogens is 4. The third kappa shape index (κ3) is 3.50. The zero-order valence-corrected chi connectivity index (χ0v) is 18.5. The van der Waals surface area contributed by atoms with Gasteiger partial charge < -0.3 is 9.30 Å². The van der Waals surface area contributed by atoms with Crippen LogP contribution >= 0.6 is 0 Å². The minimum absolute atomic E-state index is 0.105. The average Bonchev–Trinajstić information content (AvgIpc) is 3.40. The lowest BCUT2D eigenvalue weighted by molar-refractivity contribution is -0.146. The summed E-state index contributed by atoms with van der Waals surface area (Å²) in [4.78, 5) is 16.9. The topological polar surface area (TPSA) is 72.8 Å². The van der Waals surface area contributed by atoms with Crippen molar-refractivity contribution in [3.8, 4) is 5.69 Å². The molecular weight excluding hydrogens is 426 g/mol. The van der Waals surface area contributed by atoms with Gasteiger partial charge in [0.05, 0.1) is 36.0 Å². The molecule has 4 aromatic rings. The first-order valence-electron chi connectivity index (χ1n) is 11.0. The second-order valence-corrected chi connectivity index (χ2v) is 8.71. The maximum Gasteiger partial charge on any atom is 0.308 e. The Morgan fingerprint density at radius 3 is 2.61 bits per heavy atom. The maximum absolute atomic E-state index is 14.2. The van der Waals surface area contributed by atoms with Crippen LogP contribution in [0.25, 0.3) is 33.3 Å². The van der Waals surface area contributed by atoms with Crippen LogP contribution in [0.15, 0.2) is 37.0 Å². The molecular formula is C25H24F2N4O2. The van der Waals surface area contributed by atoms with Crippen molar-refractivity contribution in [2.45, 2.75) is 38.5 Å². The minimum atomic E-state index is -0.917. The third-order valence-electron chi connectivity index (χ3n) is 6.62. The molecule has 0 aliphatic heterocycles. The van der Waals surface area contributed by atoms with Gasteiger partial charge in [0.25, 0.3) is 0 Å². The first-order valence-corrected chi connectivity index (χ1v) is 11.0. The number of esters is 1. The fraction of sp³-hybridized carbons (Fsp3) is 0.320. The Bertz CT molecular complexity index is 1400. The molecule has 170 valence electrons. The Morgan fingerprint density at radius 2 is 1.94 bits per heavy atom. The Morgan fingerprint density at radius 1 is 1.18 bits per heavy atom. The summed E-state index contributed by atoms with van der Waals surface area (Å²) >= 11 is 0. The van der Waals surface area contributed by atoms with E-state index in [0.717, 1.165) is 65.0 Å². The van der Waals surface area contributed by atoms with Crippen LogP contribution in [-0.2, 0) is 9.53 Å². The molecule has 6 nitrogen and oxygen atoms in total. The maximum atomic E-state index is 14.2. The zero-order chi connectivity index (χ0) is 23.3. The largest absolute Gasteiger partial charge is 0.469 e. The van der Waals surface area contributed by atoms with E-state index in [1.165, 1.54) is 13.2 Å². The number of pyridine rings is 1. The summed E-state index contributed by atoms with van der Waals surface area (Å²) in [5.74, 6) is -1.95. The number of ether oxygens (including phenoxy) is 1. The van der Waals surface area contributed by atoms with Gasteiger partial charge >= 0.3 is 5.97 Å². The molecule has 3 heterocycles. The second-order valence-electron chi connectivity index (χ2n) is 8.71. The van der Waals surface area contributed by atoms with E-state index >= 15 is 0 Å². The van der Waals surface area contributed by atoms with Crippen molar-refractivity contribution in [3.63, 3.8) is 0 Å². The number of allylic oxidation sites excluding steroid dienone is 1. The van der Waals surface area contributed by atoms with Crippen molar-refractivity contribution < 1.29 is 18.3 Å². The van der Waals surface area contributed by atoms with E-state index in [4.69, 9.17) is 9.72 Å². The lowest BCUT2D eigenvalue weighted by Crippen LogP contribution is -2.22. The van der Waals surface area contributed by atoms with Crippen molar-refractivity contribution in [3.05, 3.63) is 59.9 Å². The third-order valence-corrected chi connectivity index (χ3v) is 6.62. The summed E-state index contributed by atoms with van der Waals surface area (Å²) in [5.41, 5.74) is 5.35. The highest BCUT2D eigenvalue weighted by atomic mass is 19.2. The number of halogens is 2. The van der Waals surface area contributed by atoms with Crippen molar-refractivity contribution in [1.29, 1.82) is 0 Å². The predicted octanol–water partition coefficient (Wildman–Crippen LogP) is 5.66. The number of nitrogens with one attached hydrogen (secondary N) is 1. The van der Waals surface area contributed by atoms with E-state index in [9.17, 15) is 13.6 Å². The highest BCUT2D eigenvalue weighted by Gasteiger charge is 2.33. The molecule has 3 aromatic heterocycles. The quantitative estimate of drug-likeness (QED) is 0.407. The Kier molecular flexibility index (Phi) is 5.23. The zero-order valence-electron chi connectivity index (χ0n) is 18.5. The van der Waals surface area contributed by atoms with Crippen molar-refractivity contribution in [1.82, 2.24) is 19.7 Å². The van der Waals surface area contributed by atoms with Crippen LogP contribution in [-0.4, -0.2) is 32.8 Å². The molecule has 1 aliphatic carbocycles. The van der Waals surface area contributed by atoms with E-state index in [1.54, 1.807) is 12.3 Å². The van der Waals surface area contributed by atoms with Gasteiger partial charge in [-0.15, -0.1) is 0 Å². The van der Waals surface area contributed by atoms with Gasteiger partial charge in [-0.3, -0.25) is 9.89 Å². The number of methoxy groups -OCH3 is 1. The van der Waals surface area contributed by atoms with Crippen molar-refractivity contribution in [2.24, 2.45) is 5.92 Å². The van der Waals surface area contributed by atoms with Gasteiger partial charge in [-0.05, 0) is 62.3 Å². The minimum Gasteiger partial charge on any atom is -0.469 e. The molecule has 1 fully saturated rings. The summed E-state index contributed by atoms with van der Waals surface area (Å²) in [6, 6.07) is 5.84. The van der Waals surface area contributed by atoms with Crippen molar-refractivity contribution >= 4 is 33.6 Å². The number of fused-ring (bicyclic) bond motifs is 2. The van der Waals surface area contributed by atoms with Gasteiger partial charge in [0.1, 0.15) is 0 Å². The lowest BCUT2D eigenvalue weighted by Gasteiger charge is -2.27. The van der Waals surface area contributed by atoms with Gasteiger partial charge in [0.2, 0.25) is 0 Å². The van der Waals surface area contributed by atoms with E-state index in [-0.39, 0.29) is 17.8 Å². The van der Waals surface area contributed by atoms with Crippen LogP contribution in [0.5, 0.6) is 0 Å². The van der Waals surface area contributed by atoms with Crippen LogP contribution in [0.1, 0.15) is 49.8 Å². The summed E-state index contributed by atoms with van der Waals surface area (Å²) in [5, 5.41) is 7.84. The van der Waals surface area contributed by atoms with Crippen LogP contribution < -0.4 is 0 Å². The molecule has 1 N–H and O–H groups in total. The summed E-state index contributed by atoms with van der Waals surface area (Å²) < 4.78 is 34.8. The molecule has 8 heteroatoms. The number of carbonyl (C=O) groups excluding carboxylic acids is 1. The normalized spacial score (nSPS) is 18.7. The van der Waals surface area contributed by atoms with E-state index in [1.807, 2.05) is 17.6 Å². The first kappa shape index (κ1) is 21.3. The number of aromatic amines is 1. The van der Waals surface area contributed by atoms with Gasteiger partial charge in [-0.25, -0.2) is 13.8 Å². The molecule has 0 unspecified atom stereocenters. The molecule has 1 aliphatic rings. The smallest absolute Gasteiger partial charge is 0.308 e. The SMILES string of the molecule is C=C(C)c1c(C2CCC(C(=O)OC)CC2)c2nc3[nH]ncc3cc2n1-c1ccc(F)c(F)c1. The summed E-state index contributed by atoms with van der Waals surface area (Å²) in [7, 11) is 1.42. The van der Waals surface area contributed by atoms with Crippen molar-refractivity contribution in [2.75, 3.05) is 7.11 Å². The number of carbonyl (C=O) groups is 1. The molecule has 0 bridgehead atoms. The molecule has 0 spiro atoms. The summed E-state index contributed by atoms with van der Waals surface area (Å²) in [6.07, 6.45) is 4.71. The summed E-state index contributed by atoms with van der Waals surface area (Å²) in [6.45, 7) is 6.11. The number of H-pyrrole nitrogens is 1. The van der Waals surface area contributed by atoms with Gasteiger partial charge in [0.15, 0.2) is 17.3 Å². The Hall–Kier alpha value is -3.55. The van der Waals surface area contributed by atoms with Gasteiger partial charge in [0, 0.05) is 22.7 Å². The Labute approximate surface area is 189 Å². The number of hydrogen-bond donors (Lipinski definition) is 1. The number of rotatable bonds is 4. The molecule has 1 aromatic carbocycles. The van der Waals surface area contributed by atoms with E-state index in [0.29, 0.717) is 11.3 Å². The van der Waals surface area contributed by atoms with Crippen LogP contribution in [0.3, 0.4) is 0 Å². The number of nitrogens with zero attached hydrogens (tertiary/aromatic N) is 3. The van der Waals surface area contributed by atoms with Crippen LogP contribution in [0.4, 0.5) is 8.78 Å². The predicted molar refractivity (Wildman–Crippen MR) is 122 cm³/mol. The van der Waals surface area contributed by atoms with E-state index in [2.05, 4.69) is 16.8 Å². The molecule has 0 amide bonds. The second kappa shape index (κ2) is 8.10. The van der Waals surface area contributed by atoms with Gasteiger partial charge in [-0.2, -0.15) is 5.10 Å². The fourth-order valence-corrected chi connectivity index (χ4v) is 5.07. The highest BCUT2D eigenvalue weighted by Crippen LogP contribution is 2.44. The lowest BCUT2D eigenvalue weighted by atomic mass is 9.78. The molecule has 1 saturated carbocycles. The standard InChI is InChI=1S/C25H24F2N4O2/c1-13(2)23-21(14-4-6-15(7-5-14)25(32)33-3)22-20(10-16-12-28-30-24(16)29-22)31(23)17-8-9-18(26)19(27)11-17/h8-12,14-15H,1,4-7H2,2-3H3,(H,28,29,30). The number of benzene rings is 1. The van der Waals surface area contributed by atoms with Crippen LogP contribution in [0, 0.1) is 17.6 Å². The van der Waals surface area contributed by atoms with Crippen LogP contribution in [0.2, 0.25) is 0 Å². The average molecular weight is 450 g/mol. The molecule has 33 heavy (non-hydrogen) atoms. The number of hydrogen-bond acceptors (Lipinski definition) is 4. The Balaban J connectivity index is 1.74. The molecule has 0 radical (unpaired) electrons. The fourth-order valence-electron chi connectivity index (χ4n) is 5.07. The molecule has 0 saturated heterocycles. The van der Waals surface area contributed by atoms with Gasteiger partial charge in [-0.1, -0.05) is 6.58 Å². The van der Waals surface area contributed by atoms with E-state index < -0.39 is 11.6 Å². The molecule has 0 atom stereocenters. The highest BCUT2D eigenvalue weighted by molar-refractivity contribution is 5.96.